The molecule has 0 aliphatic carbocycles. The molecule has 1 rings (SSSR count). The lowest BCUT2D eigenvalue weighted by molar-refractivity contribution is -0.120. The molecule has 128 valence electrons. The maximum atomic E-state index is 11.6. The van der Waals surface area contributed by atoms with Gasteiger partial charge in [-0.15, -0.1) is 24.8 Å². The van der Waals surface area contributed by atoms with Crippen LogP contribution in [0.1, 0.15) is 19.8 Å². The van der Waals surface area contributed by atoms with Gasteiger partial charge in [0.15, 0.2) is 0 Å². The van der Waals surface area contributed by atoms with Crippen molar-refractivity contribution in [1.29, 1.82) is 0 Å². The minimum Gasteiger partial charge on any atom is -0.495 e. The second kappa shape index (κ2) is 12.6. The molecule has 5 nitrogen and oxygen atoms in total. The highest BCUT2D eigenvalue weighted by atomic mass is 35.5. The Morgan fingerprint density at radius 1 is 1.36 bits per heavy atom. The second-order valence-electron chi connectivity index (χ2n) is 4.64. The molecule has 0 heterocycles. The van der Waals surface area contributed by atoms with Crippen molar-refractivity contribution in [3.8, 4) is 5.75 Å². The number of amides is 1. The Bertz CT molecular complexity index is 445. The van der Waals surface area contributed by atoms with Crippen LogP contribution in [0, 0.1) is 0 Å². The third kappa shape index (κ3) is 9.20. The summed E-state index contributed by atoms with van der Waals surface area (Å²) >= 11 is 5.93. The summed E-state index contributed by atoms with van der Waals surface area (Å²) in [6.45, 7) is 3.04. The summed E-state index contributed by atoms with van der Waals surface area (Å²) in [7, 11) is 1.59. The van der Waals surface area contributed by atoms with Crippen LogP contribution in [0.2, 0.25) is 5.02 Å². The Hall–Kier alpha value is -0.880. The zero-order valence-corrected chi connectivity index (χ0v) is 15.1. The molecule has 1 aromatic rings. The highest BCUT2D eigenvalue weighted by Gasteiger charge is 2.05. The molecule has 0 bridgehead atoms. The van der Waals surface area contributed by atoms with Crippen LogP contribution in [0.4, 0.5) is 5.69 Å². The van der Waals surface area contributed by atoms with Crippen molar-refractivity contribution in [2.75, 3.05) is 25.5 Å². The number of anilines is 1. The molecule has 0 saturated carbocycles. The van der Waals surface area contributed by atoms with E-state index in [-0.39, 0.29) is 36.8 Å². The summed E-state index contributed by atoms with van der Waals surface area (Å²) < 4.78 is 5.21. The number of rotatable bonds is 8. The predicted octanol–water partition coefficient (Wildman–Crippen LogP) is 2.85. The van der Waals surface area contributed by atoms with E-state index in [0.717, 1.165) is 12.1 Å². The minimum atomic E-state index is -0.000792. The molecule has 0 fully saturated rings. The number of carbonyl (C=O) groups is 1. The lowest BCUT2D eigenvalue weighted by Gasteiger charge is -2.12. The molecule has 8 heteroatoms. The van der Waals surface area contributed by atoms with Gasteiger partial charge in [0.2, 0.25) is 5.91 Å². The van der Waals surface area contributed by atoms with Gasteiger partial charge in [0.25, 0.3) is 0 Å². The molecule has 0 spiro atoms. The van der Waals surface area contributed by atoms with Gasteiger partial charge in [0.1, 0.15) is 5.75 Å². The molecular weight excluding hydrogens is 349 g/mol. The Balaban J connectivity index is 0. The summed E-state index contributed by atoms with van der Waals surface area (Å²) in [6, 6.07) is 5.41. The smallest absolute Gasteiger partial charge is 0.221 e. The molecule has 1 atom stereocenters. The summed E-state index contributed by atoms with van der Waals surface area (Å²) in [5.74, 6) is 0.700. The first-order chi connectivity index (χ1) is 9.52. The summed E-state index contributed by atoms with van der Waals surface area (Å²) in [6.07, 6.45) is 1.16. The number of methoxy groups -OCH3 is 1. The van der Waals surface area contributed by atoms with E-state index in [1.165, 1.54) is 0 Å². The third-order valence-electron chi connectivity index (χ3n) is 2.75. The molecule has 4 N–H and O–H groups in total. The minimum absolute atomic E-state index is 0. The van der Waals surface area contributed by atoms with Crippen molar-refractivity contribution < 1.29 is 9.53 Å². The fraction of sp³-hybridized carbons (Fsp3) is 0.500. The molecule has 1 unspecified atom stereocenters. The fourth-order valence-electron chi connectivity index (χ4n) is 1.66. The number of ether oxygens (including phenoxy) is 1. The fourth-order valence-corrected chi connectivity index (χ4v) is 1.83. The molecule has 22 heavy (non-hydrogen) atoms. The topological polar surface area (TPSA) is 76.4 Å². The van der Waals surface area contributed by atoms with Gasteiger partial charge in [0, 0.05) is 30.6 Å². The summed E-state index contributed by atoms with van der Waals surface area (Å²) in [5, 5.41) is 6.58. The van der Waals surface area contributed by atoms with E-state index in [9.17, 15) is 4.79 Å². The highest BCUT2D eigenvalue weighted by Crippen LogP contribution is 2.27. The van der Waals surface area contributed by atoms with Crippen LogP contribution in [-0.4, -0.2) is 32.1 Å². The van der Waals surface area contributed by atoms with E-state index in [0.29, 0.717) is 30.3 Å². The molecular formula is C14H24Cl3N3O2. The van der Waals surface area contributed by atoms with Crippen molar-refractivity contribution in [1.82, 2.24) is 5.32 Å². The van der Waals surface area contributed by atoms with Gasteiger partial charge in [-0.3, -0.25) is 4.79 Å². The number of halogens is 3. The zero-order valence-electron chi connectivity index (χ0n) is 12.7. The maximum Gasteiger partial charge on any atom is 0.221 e. The van der Waals surface area contributed by atoms with Gasteiger partial charge in [-0.2, -0.15) is 0 Å². The van der Waals surface area contributed by atoms with E-state index in [1.807, 2.05) is 6.92 Å². The van der Waals surface area contributed by atoms with Gasteiger partial charge in [-0.25, -0.2) is 0 Å². The average Bonchev–Trinajstić information content (AvgIpc) is 2.38. The molecule has 1 amide bonds. The lowest BCUT2D eigenvalue weighted by atomic mass is 10.2. The Labute approximate surface area is 149 Å². The maximum absolute atomic E-state index is 11.6. The first-order valence-corrected chi connectivity index (χ1v) is 7.00. The van der Waals surface area contributed by atoms with Crippen molar-refractivity contribution in [3.63, 3.8) is 0 Å². The average molecular weight is 373 g/mol. The van der Waals surface area contributed by atoms with Gasteiger partial charge in [-0.1, -0.05) is 11.6 Å². The van der Waals surface area contributed by atoms with Crippen molar-refractivity contribution >= 4 is 48.0 Å². The first kappa shape index (κ1) is 23.4. The first-order valence-electron chi connectivity index (χ1n) is 6.62. The van der Waals surface area contributed by atoms with E-state index >= 15 is 0 Å². The lowest BCUT2D eigenvalue weighted by Crippen LogP contribution is -2.30. The summed E-state index contributed by atoms with van der Waals surface area (Å²) in [5.41, 5.74) is 6.39. The monoisotopic (exact) mass is 371 g/mol. The van der Waals surface area contributed by atoms with Crippen LogP contribution in [0.15, 0.2) is 18.2 Å². The number of hydrogen-bond acceptors (Lipinski definition) is 4. The number of benzene rings is 1. The molecule has 0 aromatic heterocycles. The van der Waals surface area contributed by atoms with Gasteiger partial charge in [0.05, 0.1) is 12.8 Å². The predicted molar refractivity (Wildman–Crippen MR) is 96.9 cm³/mol. The van der Waals surface area contributed by atoms with Crippen LogP contribution < -0.4 is 21.1 Å². The van der Waals surface area contributed by atoms with E-state index in [2.05, 4.69) is 10.6 Å². The van der Waals surface area contributed by atoms with Crippen LogP contribution in [-0.2, 0) is 4.79 Å². The normalized spacial score (nSPS) is 10.7. The van der Waals surface area contributed by atoms with Crippen LogP contribution in [0.25, 0.3) is 0 Å². The number of carbonyl (C=O) groups excluding carboxylic acids is 1. The number of nitrogens with two attached hydrogens (primary N) is 1. The second-order valence-corrected chi connectivity index (χ2v) is 5.07. The Morgan fingerprint density at radius 3 is 2.64 bits per heavy atom. The third-order valence-corrected chi connectivity index (χ3v) is 2.99. The van der Waals surface area contributed by atoms with Gasteiger partial charge >= 0.3 is 0 Å². The van der Waals surface area contributed by atoms with E-state index < -0.39 is 0 Å². The van der Waals surface area contributed by atoms with Crippen molar-refractivity contribution in [2.24, 2.45) is 5.73 Å². The van der Waals surface area contributed by atoms with Crippen molar-refractivity contribution in [2.45, 2.75) is 25.8 Å². The molecule has 0 aliphatic heterocycles. The number of nitrogens with one attached hydrogen (secondary N) is 2. The van der Waals surface area contributed by atoms with Crippen LogP contribution >= 0.6 is 36.4 Å². The molecule has 0 aliphatic rings. The number of hydrogen-bond donors (Lipinski definition) is 3. The van der Waals surface area contributed by atoms with E-state index in [4.69, 9.17) is 22.1 Å². The SMILES string of the molecule is COc1ccc(Cl)cc1NCCC(=O)NCCC(C)N.Cl.Cl. The van der Waals surface area contributed by atoms with Crippen molar-refractivity contribution in [3.05, 3.63) is 23.2 Å². The Morgan fingerprint density at radius 2 is 2.05 bits per heavy atom. The standard InChI is InChI=1S/C14H22ClN3O2.2ClH/c1-10(16)5-7-18-14(19)6-8-17-12-9-11(15)3-4-13(12)20-2;;/h3-4,9-10,17H,5-8,16H2,1-2H3,(H,18,19);2*1H. The van der Waals surface area contributed by atoms with Crippen LogP contribution in [0.3, 0.4) is 0 Å². The summed E-state index contributed by atoms with van der Waals surface area (Å²) in [4.78, 5) is 11.6. The van der Waals surface area contributed by atoms with Crippen LogP contribution in [0.5, 0.6) is 5.75 Å². The van der Waals surface area contributed by atoms with Gasteiger partial charge < -0.3 is 21.1 Å². The molecule has 0 saturated heterocycles. The quantitative estimate of drug-likeness (QED) is 0.656. The Kier molecular flexibility index (Phi) is 13.4. The van der Waals surface area contributed by atoms with Gasteiger partial charge in [-0.05, 0) is 31.5 Å². The molecule has 0 radical (unpaired) electrons. The largest absolute Gasteiger partial charge is 0.495 e. The highest BCUT2D eigenvalue weighted by molar-refractivity contribution is 6.30. The molecule has 1 aromatic carbocycles. The van der Waals surface area contributed by atoms with E-state index in [1.54, 1.807) is 25.3 Å². The zero-order chi connectivity index (χ0) is 15.0.